The minimum absolute atomic E-state index is 0. The second-order valence-corrected chi connectivity index (χ2v) is 4.78. The van der Waals surface area contributed by atoms with Gasteiger partial charge in [0.15, 0.2) is 12.4 Å². The second-order valence-electron chi connectivity index (χ2n) is 4.78. The predicted molar refractivity (Wildman–Crippen MR) is 62.1 cm³/mol. The molecular weight excluding hydrogens is 300 g/mol. The Bertz CT molecular complexity index is 403. The number of halogens is 1. The Morgan fingerprint density at radius 1 is 1.67 bits per heavy atom. The molecule has 0 aromatic carbocycles. The molecule has 1 amide bonds. The zero-order chi connectivity index (χ0) is 12.3. The van der Waals surface area contributed by atoms with Gasteiger partial charge in [-0.15, -0.1) is 5.10 Å². The molecule has 7 heteroatoms. The second kappa shape index (κ2) is 6.21. The van der Waals surface area contributed by atoms with Crippen molar-refractivity contribution in [2.45, 2.75) is 12.5 Å². The molecule has 1 aromatic rings. The van der Waals surface area contributed by atoms with Gasteiger partial charge >= 0.3 is 0 Å². The van der Waals surface area contributed by atoms with E-state index in [9.17, 15) is 9.90 Å². The zero-order valence-electron chi connectivity index (χ0n) is 10.2. The van der Waals surface area contributed by atoms with Gasteiger partial charge in [0.05, 0.1) is 13.6 Å². The van der Waals surface area contributed by atoms with Crippen LogP contribution in [-0.4, -0.2) is 58.5 Å². The van der Waals surface area contributed by atoms with Gasteiger partial charge in [-0.1, -0.05) is 0 Å². The molecule has 1 aliphatic heterocycles. The Morgan fingerprint density at radius 2 is 2.44 bits per heavy atom. The van der Waals surface area contributed by atoms with Crippen molar-refractivity contribution >= 4 is 11.7 Å². The Labute approximate surface area is 116 Å². The maximum absolute atomic E-state index is 11.8. The number of quaternary nitrogens is 1. The molecular formula is C11H17BrN4O2. The largest absolute Gasteiger partial charge is 1.00 e. The van der Waals surface area contributed by atoms with Gasteiger partial charge in [-0.3, -0.25) is 4.79 Å². The number of rotatable bonds is 3. The molecule has 18 heavy (non-hydrogen) atoms. The van der Waals surface area contributed by atoms with Crippen LogP contribution in [0.2, 0.25) is 0 Å². The highest BCUT2D eigenvalue weighted by molar-refractivity contribution is 5.90. The Balaban J connectivity index is 0.00000162. The molecule has 6 nitrogen and oxygen atoms in total. The Kier molecular flexibility index (Phi) is 5.18. The van der Waals surface area contributed by atoms with Crippen LogP contribution in [0.1, 0.15) is 6.42 Å². The number of carbonyl (C=O) groups excluding carboxylic acids is 1. The van der Waals surface area contributed by atoms with E-state index in [1.54, 1.807) is 18.3 Å². The molecule has 0 radical (unpaired) electrons. The van der Waals surface area contributed by atoms with Crippen molar-refractivity contribution in [3.63, 3.8) is 0 Å². The van der Waals surface area contributed by atoms with Crippen LogP contribution in [0.15, 0.2) is 18.3 Å². The number of likely N-dealkylation sites (tertiary alicyclic amines) is 1. The molecule has 1 unspecified atom stereocenters. The quantitative estimate of drug-likeness (QED) is 0.571. The predicted octanol–water partition coefficient (Wildman–Crippen LogP) is -3.37. The molecule has 100 valence electrons. The van der Waals surface area contributed by atoms with Gasteiger partial charge in [0, 0.05) is 12.6 Å². The van der Waals surface area contributed by atoms with Crippen LogP contribution in [0.4, 0.5) is 5.82 Å². The van der Waals surface area contributed by atoms with Crippen molar-refractivity contribution in [3.05, 3.63) is 18.3 Å². The van der Waals surface area contributed by atoms with Gasteiger partial charge in [0.2, 0.25) is 0 Å². The first-order chi connectivity index (χ1) is 8.07. The third kappa shape index (κ3) is 4.01. The fourth-order valence-corrected chi connectivity index (χ4v) is 2.19. The molecule has 0 bridgehead atoms. The van der Waals surface area contributed by atoms with Crippen LogP contribution in [0.3, 0.4) is 0 Å². The fourth-order valence-electron chi connectivity index (χ4n) is 2.19. The summed E-state index contributed by atoms with van der Waals surface area (Å²) in [7, 11) is 1.98. The summed E-state index contributed by atoms with van der Waals surface area (Å²) < 4.78 is 0.577. The summed E-state index contributed by atoms with van der Waals surface area (Å²) in [6.07, 6.45) is 2.03. The number of nitrogens with zero attached hydrogens (tertiary/aromatic N) is 3. The first-order valence-electron chi connectivity index (χ1n) is 5.67. The standard InChI is InChI=1S/C11H16N4O2.BrH/c1-15(6-4-9(16)7-15)8-11(17)13-10-3-2-5-12-14-10;/h2-3,5,9,16H,4,6-8H2,1H3;1H/t9?,15-;/m1./s1. The highest BCUT2D eigenvalue weighted by Gasteiger charge is 2.35. The maximum atomic E-state index is 11.8. The molecule has 0 spiro atoms. The van der Waals surface area contributed by atoms with Gasteiger partial charge in [-0.25, -0.2) is 0 Å². The normalized spacial score (nSPS) is 26.4. The summed E-state index contributed by atoms with van der Waals surface area (Å²) in [5, 5.41) is 19.7. The average molecular weight is 317 g/mol. The smallest absolute Gasteiger partial charge is 0.280 e. The van der Waals surface area contributed by atoms with E-state index < -0.39 is 0 Å². The summed E-state index contributed by atoms with van der Waals surface area (Å²) in [6, 6.07) is 3.42. The third-order valence-corrected chi connectivity index (χ3v) is 3.02. The van der Waals surface area contributed by atoms with Crippen LogP contribution < -0.4 is 22.3 Å². The Morgan fingerprint density at radius 3 is 3.00 bits per heavy atom. The highest BCUT2D eigenvalue weighted by atomic mass is 79.9. The van der Waals surface area contributed by atoms with Gasteiger partial charge < -0.3 is 31.9 Å². The number of aromatic nitrogens is 2. The van der Waals surface area contributed by atoms with E-state index in [2.05, 4.69) is 15.5 Å². The van der Waals surface area contributed by atoms with Gasteiger partial charge in [0.1, 0.15) is 12.6 Å². The average Bonchev–Trinajstić information content (AvgIpc) is 2.59. The third-order valence-electron chi connectivity index (χ3n) is 3.02. The van der Waals surface area contributed by atoms with Crippen LogP contribution >= 0.6 is 0 Å². The van der Waals surface area contributed by atoms with Crippen molar-refractivity contribution in [1.82, 2.24) is 10.2 Å². The van der Waals surface area contributed by atoms with Gasteiger partial charge in [-0.05, 0) is 12.1 Å². The molecule has 2 atom stereocenters. The molecule has 1 fully saturated rings. The van der Waals surface area contributed by atoms with Crippen LogP contribution in [0.5, 0.6) is 0 Å². The van der Waals surface area contributed by atoms with Crippen molar-refractivity contribution in [2.75, 3.05) is 32.0 Å². The molecule has 0 saturated carbocycles. The number of likely N-dealkylation sites (N-methyl/N-ethyl adjacent to an activating group) is 1. The fraction of sp³-hybridized carbons (Fsp3) is 0.545. The van der Waals surface area contributed by atoms with Gasteiger partial charge in [-0.2, -0.15) is 5.10 Å². The monoisotopic (exact) mass is 316 g/mol. The van der Waals surface area contributed by atoms with Crippen LogP contribution in [0.25, 0.3) is 0 Å². The lowest BCUT2D eigenvalue weighted by Gasteiger charge is -2.28. The number of nitrogens with one attached hydrogen (secondary N) is 1. The Hall–Kier alpha value is -1.05. The summed E-state index contributed by atoms with van der Waals surface area (Å²) in [4.78, 5) is 11.8. The minimum atomic E-state index is -0.288. The lowest BCUT2D eigenvalue weighted by molar-refractivity contribution is -0.890. The number of amides is 1. The first-order valence-corrected chi connectivity index (χ1v) is 5.67. The molecule has 2 N–H and O–H groups in total. The summed E-state index contributed by atoms with van der Waals surface area (Å²) in [5.41, 5.74) is 0. The summed E-state index contributed by atoms with van der Waals surface area (Å²) in [6.45, 7) is 1.82. The van der Waals surface area contributed by atoms with E-state index in [1.165, 1.54) is 0 Å². The molecule has 1 aliphatic rings. The number of carbonyl (C=O) groups is 1. The number of hydrogen-bond donors (Lipinski definition) is 2. The number of aliphatic hydroxyl groups is 1. The number of aliphatic hydroxyl groups excluding tert-OH is 1. The lowest BCUT2D eigenvalue weighted by atomic mass is 10.3. The first kappa shape index (κ1) is 15.0. The number of anilines is 1. The minimum Gasteiger partial charge on any atom is -1.00 e. The maximum Gasteiger partial charge on any atom is 0.280 e. The lowest BCUT2D eigenvalue weighted by Crippen LogP contribution is -3.00. The zero-order valence-corrected chi connectivity index (χ0v) is 11.8. The molecule has 1 saturated heterocycles. The van der Waals surface area contributed by atoms with Crippen molar-refractivity contribution in [3.8, 4) is 0 Å². The van der Waals surface area contributed by atoms with E-state index in [0.29, 0.717) is 23.4 Å². The van der Waals surface area contributed by atoms with E-state index in [4.69, 9.17) is 0 Å². The molecule has 0 aliphatic carbocycles. The molecule has 1 aromatic heterocycles. The summed E-state index contributed by atoms with van der Waals surface area (Å²) in [5.74, 6) is 0.367. The van der Waals surface area contributed by atoms with E-state index >= 15 is 0 Å². The van der Waals surface area contributed by atoms with E-state index in [1.807, 2.05) is 7.05 Å². The SMILES string of the molecule is C[N@@+]1(CC(=O)Nc2cccnn2)CCC(O)C1.[Br-]. The van der Waals surface area contributed by atoms with Crippen LogP contribution in [0, 0.1) is 0 Å². The van der Waals surface area contributed by atoms with Crippen molar-refractivity contribution < 1.29 is 31.4 Å². The van der Waals surface area contributed by atoms with Gasteiger partial charge in [0.25, 0.3) is 5.91 Å². The number of hydrogen-bond acceptors (Lipinski definition) is 4. The van der Waals surface area contributed by atoms with E-state index in [0.717, 1.165) is 13.0 Å². The summed E-state index contributed by atoms with van der Waals surface area (Å²) >= 11 is 0. The van der Waals surface area contributed by atoms with Crippen LogP contribution in [-0.2, 0) is 4.79 Å². The molecule has 2 heterocycles. The topological polar surface area (TPSA) is 75.1 Å². The van der Waals surface area contributed by atoms with Crippen molar-refractivity contribution in [1.29, 1.82) is 0 Å². The van der Waals surface area contributed by atoms with E-state index in [-0.39, 0.29) is 29.0 Å². The highest BCUT2D eigenvalue weighted by Crippen LogP contribution is 2.16. The van der Waals surface area contributed by atoms with Crippen molar-refractivity contribution in [2.24, 2.45) is 0 Å². The molecule has 2 rings (SSSR count).